The summed E-state index contributed by atoms with van der Waals surface area (Å²) in [5.74, 6) is 0. The van der Waals surface area contributed by atoms with E-state index in [0.29, 0.717) is 18.6 Å². The second-order valence-electron chi connectivity index (χ2n) is 4.09. The number of rotatable bonds is 4. The summed E-state index contributed by atoms with van der Waals surface area (Å²) >= 11 is 0. The summed E-state index contributed by atoms with van der Waals surface area (Å²) in [5, 5.41) is 10.0. The maximum atomic E-state index is 12.3. The number of methoxy groups -OCH3 is 1. The van der Waals surface area contributed by atoms with Crippen LogP contribution in [0, 0.1) is 0 Å². The van der Waals surface area contributed by atoms with Crippen molar-refractivity contribution in [2.24, 2.45) is 0 Å². The summed E-state index contributed by atoms with van der Waals surface area (Å²) in [5.41, 5.74) is -1.45. The molecule has 0 radical (unpaired) electrons. The molecule has 0 fully saturated rings. The predicted octanol–water partition coefficient (Wildman–Crippen LogP) is 2.95. The third-order valence-corrected chi connectivity index (χ3v) is 2.63. The van der Waals surface area contributed by atoms with Crippen molar-refractivity contribution >= 4 is 0 Å². The van der Waals surface area contributed by atoms with Gasteiger partial charge in [-0.15, -0.1) is 0 Å². The zero-order chi connectivity index (χ0) is 13.1. The fraction of sp³-hybridized carbons (Fsp3) is 0.500. The number of hydrogen-bond acceptors (Lipinski definition) is 2. The van der Waals surface area contributed by atoms with Crippen molar-refractivity contribution in [3.8, 4) is 0 Å². The molecule has 0 aliphatic heterocycles. The number of alkyl halides is 3. The Labute approximate surface area is 98.0 Å². The van der Waals surface area contributed by atoms with Crippen LogP contribution in [0.5, 0.6) is 0 Å². The van der Waals surface area contributed by atoms with Crippen LogP contribution in [0.2, 0.25) is 0 Å². The molecule has 0 heterocycles. The van der Waals surface area contributed by atoms with Crippen molar-refractivity contribution in [2.45, 2.75) is 25.1 Å². The minimum Gasteiger partial charge on any atom is -0.385 e. The number of halogens is 3. The van der Waals surface area contributed by atoms with Crippen molar-refractivity contribution in [3.63, 3.8) is 0 Å². The Morgan fingerprint density at radius 3 is 2.00 bits per heavy atom. The summed E-state index contributed by atoms with van der Waals surface area (Å²) in [4.78, 5) is 0. The summed E-state index contributed by atoms with van der Waals surface area (Å²) < 4.78 is 41.8. The van der Waals surface area contributed by atoms with Crippen LogP contribution in [0.1, 0.15) is 24.5 Å². The predicted molar refractivity (Wildman–Crippen MR) is 57.5 cm³/mol. The first kappa shape index (κ1) is 14.0. The van der Waals surface area contributed by atoms with Crippen LogP contribution in [-0.4, -0.2) is 18.8 Å². The molecule has 17 heavy (non-hydrogen) atoms. The van der Waals surface area contributed by atoms with Gasteiger partial charge in [0.1, 0.15) is 0 Å². The van der Waals surface area contributed by atoms with E-state index in [1.54, 1.807) is 6.92 Å². The summed E-state index contributed by atoms with van der Waals surface area (Å²) in [6.07, 6.45) is -4.02. The molecule has 0 saturated carbocycles. The number of ether oxygens (including phenoxy) is 1. The van der Waals surface area contributed by atoms with E-state index in [0.717, 1.165) is 12.1 Å². The SMILES string of the molecule is COCCC(C)(O)c1ccc(C(F)(F)F)cc1. The first-order chi connectivity index (χ1) is 7.77. The van der Waals surface area contributed by atoms with Crippen LogP contribution in [-0.2, 0) is 16.5 Å². The van der Waals surface area contributed by atoms with Gasteiger partial charge in [-0.25, -0.2) is 0 Å². The normalized spacial score (nSPS) is 15.6. The van der Waals surface area contributed by atoms with E-state index in [-0.39, 0.29) is 0 Å². The first-order valence-electron chi connectivity index (χ1n) is 5.16. The van der Waals surface area contributed by atoms with Gasteiger partial charge < -0.3 is 9.84 Å². The lowest BCUT2D eigenvalue weighted by atomic mass is 9.92. The van der Waals surface area contributed by atoms with E-state index in [1.165, 1.54) is 19.2 Å². The lowest BCUT2D eigenvalue weighted by Crippen LogP contribution is -2.23. The van der Waals surface area contributed by atoms with Crippen LogP contribution in [0.25, 0.3) is 0 Å². The number of benzene rings is 1. The first-order valence-corrected chi connectivity index (χ1v) is 5.16. The highest BCUT2D eigenvalue weighted by molar-refractivity contribution is 5.28. The van der Waals surface area contributed by atoms with E-state index in [4.69, 9.17) is 4.74 Å². The number of aliphatic hydroxyl groups is 1. The monoisotopic (exact) mass is 248 g/mol. The zero-order valence-corrected chi connectivity index (χ0v) is 9.71. The number of hydrogen-bond donors (Lipinski definition) is 1. The van der Waals surface area contributed by atoms with E-state index >= 15 is 0 Å². The molecule has 0 saturated heterocycles. The van der Waals surface area contributed by atoms with Gasteiger partial charge in [0, 0.05) is 20.1 Å². The minimum atomic E-state index is -4.35. The van der Waals surface area contributed by atoms with Gasteiger partial charge in [0.25, 0.3) is 0 Å². The quantitative estimate of drug-likeness (QED) is 0.887. The van der Waals surface area contributed by atoms with Gasteiger partial charge in [-0.1, -0.05) is 12.1 Å². The van der Waals surface area contributed by atoms with Gasteiger partial charge in [-0.3, -0.25) is 0 Å². The molecule has 2 nitrogen and oxygen atoms in total. The molecule has 0 bridgehead atoms. The average molecular weight is 248 g/mol. The Morgan fingerprint density at radius 1 is 1.12 bits per heavy atom. The maximum absolute atomic E-state index is 12.3. The lowest BCUT2D eigenvalue weighted by Gasteiger charge is -2.23. The highest BCUT2D eigenvalue weighted by Crippen LogP contribution is 2.31. The molecule has 1 rings (SSSR count). The van der Waals surface area contributed by atoms with E-state index < -0.39 is 17.3 Å². The summed E-state index contributed by atoms with van der Waals surface area (Å²) in [6, 6.07) is 4.52. The smallest absolute Gasteiger partial charge is 0.385 e. The van der Waals surface area contributed by atoms with Gasteiger partial charge in [-0.2, -0.15) is 13.2 Å². The molecule has 1 atom stereocenters. The van der Waals surface area contributed by atoms with Crippen molar-refractivity contribution in [1.82, 2.24) is 0 Å². The molecule has 5 heteroatoms. The second-order valence-corrected chi connectivity index (χ2v) is 4.09. The van der Waals surface area contributed by atoms with Gasteiger partial charge >= 0.3 is 6.18 Å². The Bertz CT molecular complexity index is 355. The molecule has 0 aliphatic rings. The zero-order valence-electron chi connectivity index (χ0n) is 9.71. The highest BCUT2D eigenvalue weighted by Gasteiger charge is 2.31. The maximum Gasteiger partial charge on any atom is 0.416 e. The lowest BCUT2D eigenvalue weighted by molar-refractivity contribution is -0.137. The third-order valence-electron chi connectivity index (χ3n) is 2.63. The van der Waals surface area contributed by atoms with Gasteiger partial charge in [0.15, 0.2) is 0 Å². The van der Waals surface area contributed by atoms with E-state index in [1.807, 2.05) is 0 Å². The fourth-order valence-electron chi connectivity index (χ4n) is 1.46. The van der Waals surface area contributed by atoms with Crippen LogP contribution < -0.4 is 0 Å². The van der Waals surface area contributed by atoms with Gasteiger partial charge in [-0.05, 0) is 24.6 Å². The largest absolute Gasteiger partial charge is 0.416 e. The van der Waals surface area contributed by atoms with Crippen LogP contribution in [0.4, 0.5) is 13.2 Å². The molecule has 0 aromatic heterocycles. The van der Waals surface area contributed by atoms with Crippen LogP contribution in [0.3, 0.4) is 0 Å². The molecule has 96 valence electrons. The van der Waals surface area contributed by atoms with Crippen molar-refractivity contribution < 1.29 is 23.0 Å². The molecule has 0 aliphatic carbocycles. The van der Waals surface area contributed by atoms with E-state index in [2.05, 4.69) is 0 Å². The molecule has 1 N–H and O–H groups in total. The third kappa shape index (κ3) is 3.71. The Balaban J connectivity index is 2.87. The average Bonchev–Trinajstić information content (AvgIpc) is 2.25. The Hall–Kier alpha value is -1.07. The van der Waals surface area contributed by atoms with Crippen molar-refractivity contribution in [3.05, 3.63) is 35.4 Å². The van der Waals surface area contributed by atoms with Gasteiger partial charge in [0.05, 0.1) is 11.2 Å². The molecule has 0 spiro atoms. The molecular weight excluding hydrogens is 233 g/mol. The Morgan fingerprint density at radius 2 is 1.59 bits per heavy atom. The van der Waals surface area contributed by atoms with E-state index in [9.17, 15) is 18.3 Å². The summed E-state index contributed by atoms with van der Waals surface area (Å²) in [7, 11) is 1.50. The molecule has 1 aromatic carbocycles. The summed E-state index contributed by atoms with van der Waals surface area (Å²) in [6.45, 7) is 1.89. The topological polar surface area (TPSA) is 29.5 Å². The Kier molecular flexibility index (Phi) is 4.16. The van der Waals surface area contributed by atoms with Crippen LogP contribution in [0.15, 0.2) is 24.3 Å². The fourth-order valence-corrected chi connectivity index (χ4v) is 1.46. The standard InChI is InChI=1S/C12H15F3O2/c1-11(16,7-8-17-2)9-3-5-10(6-4-9)12(13,14)15/h3-6,16H,7-8H2,1-2H3. The van der Waals surface area contributed by atoms with Crippen molar-refractivity contribution in [2.75, 3.05) is 13.7 Å². The molecule has 0 amide bonds. The minimum absolute atomic E-state index is 0.328. The molecular formula is C12H15F3O2. The highest BCUT2D eigenvalue weighted by atomic mass is 19.4. The molecule has 1 aromatic rings. The second kappa shape index (κ2) is 5.06. The van der Waals surface area contributed by atoms with Gasteiger partial charge in [0.2, 0.25) is 0 Å². The molecule has 1 unspecified atom stereocenters. The van der Waals surface area contributed by atoms with Crippen LogP contribution >= 0.6 is 0 Å². The van der Waals surface area contributed by atoms with Crippen molar-refractivity contribution in [1.29, 1.82) is 0 Å².